The lowest BCUT2D eigenvalue weighted by Gasteiger charge is -2.09. The Morgan fingerprint density at radius 2 is 1.71 bits per heavy atom. The van der Waals surface area contributed by atoms with Crippen molar-refractivity contribution in [2.24, 2.45) is 0 Å². The number of benzene rings is 1. The molecule has 1 aromatic rings. The van der Waals surface area contributed by atoms with Crippen LogP contribution in [0.4, 0.5) is 22.4 Å². The number of rotatable bonds is 6. The molecule has 0 saturated heterocycles. The third-order valence-electron chi connectivity index (χ3n) is 2.60. The predicted molar refractivity (Wildman–Crippen MR) is 73.3 cm³/mol. The van der Waals surface area contributed by atoms with Crippen LogP contribution in [0.5, 0.6) is 0 Å². The van der Waals surface area contributed by atoms with E-state index in [1.54, 1.807) is 5.32 Å². The number of imide groups is 1. The molecule has 0 bridgehead atoms. The Bertz CT molecular complexity index is 587. The molecule has 24 heavy (non-hydrogen) atoms. The minimum absolute atomic E-state index is 0.0841. The lowest BCUT2D eigenvalue weighted by molar-refractivity contribution is -0.148. The first-order valence-electron chi connectivity index (χ1n) is 6.70. The van der Waals surface area contributed by atoms with E-state index in [9.17, 15) is 31.9 Å². The van der Waals surface area contributed by atoms with Gasteiger partial charge in [0.15, 0.2) is 6.61 Å². The van der Waals surface area contributed by atoms with Crippen LogP contribution in [0.25, 0.3) is 0 Å². The molecule has 1 aromatic carbocycles. The number of alkyl halides is 3. The largest absolute Gasteiger partial charge is 0.456 e. The Labute approximate surface area is 134 Å². The molecule has 0 aromatic heterocycles. The molecule has 3 amide bonds. The summed E-state index contributed by atoms with van der Waals surface area (Å²) in [6.07, 6.45) is -4.43. The van der Waals surface area contributed by atoms with Crippen LogP contribution in [0.1, 0.15) is 12.0 Å². The molecule has 1 rings (SSSR count). The molecule has 0 saturated carbocycles. The van der Waals surface area contributed by atoms with Crippen LogP contribution in [0.3, 0.4) is 0 Å². The van der Waals surface area contributed by atoms with Crippen LogP contribution >= 0.6 is 0 Å². The van der Waals surface area contributed by atoms with E-state index in [0.717, 1.165) is 0 Å². The van der Waals surface area contributed by atoms with Crippen molar-refractivity contribution in [1.82, 2.24) is 10.6 Å². The molecular formula is C14H14F4N2O4. The van der Waals surface area contributed by atoms with Gasteiger partial charge in [0.25, 0.3) is 5.91 Å². The Kier molecular flexibility index (Phi) is 7.15. The van der Waals surface area contributed by atoms with Gasteiger partial charge < -0.3 is 10.1 Å². The van der Waals surface area contributed by atoms with Crippen LogP contribution in [-0.2, 0) is 20.7 Å². The van der Waals surface area contributed by atoms with Gasteiger partial charge in [-0.15, -0.1) is 0 Å². The molecule has 6 nitrogen and oxygen atoms in total. The summed E-state index contributed by atoms with van der Waals surface area (Å²) in [5.41, 5.74) is 0.685. The lowest BCUT2D eigenvalue weighted by atomic mass is 10.1. The molecule has 0 atom stereocenters. The van der Waals surface area contributed by atoms with E-state index >= 15 is 0 Å². The van der Waals surface area contributed by atoms with Gasteiger partial charge >= 0.3 is 18.2 Å². The van der Waals surface area contributed by atoms with Crippen molar-refractivity contribution in [3.05, 3.63) is 35.6 Å². The first-order chi connectivity index (χ1) is 11.2. The molecule has 0 aliphatic carbocycles. The predicted octanol–water partition coefficient (Wildman–Crippen LogP) is 1.69. The maximum absolute atomic E-state index is 12.7. The summed E-state index contributed by atoms with van der Waals surface area (Å²) in [6.45, 7) is -2.40. The van der Waals surface area contributed by atoms with Crippen LogP contribution < -0.4 is 10.6 Å². The van der Waals surface area contributed by atoms with E-state index in [2.05, 4.69) is 4.74 Å². The smallest absolute Gasteiger partial charge is 0.405 e. The lowest BCUT2D eigenvalue weighted by Crippen LogP contribution is -2.44. The molecule has 0 spiro atoms. The molecule has 0 aliphatic heterocycles. The Balaban J connectivity index is 2.22. The molecule has 0 fully saturated rings. The van der Waals surface area contributed by atoms with Crippen molar-refractivity contribution < 1.29 is 36.7 Å². The monoisotopic (exact) mass is 350 g/mol. The van der Waals surface area contributed by atoms with Gasteiger partial charge in [0.2, 0.25) is 0 Å². The van der Waals surface area contributed by atoms with E-state index < -0.39 is 43.1 Å². The number of ether oxygens (including phenoxy) is 1. The molecule has 0 radical (unpaired) electrons. The van der Waals surface area contributed by atoms with E-state index in [1.807, 2.05) is 0 Å². The minimum Gasteiger partial charge on any atom is -0.456 e. The number of aryl methyl sites for hydroxylation is 1. The summed E-state index contributed by atoms with van der Waals surface area (Å²) >= 11 is 0. The molecule has 132 valence electrons. The molecule has 0 heterocycles. The quantitative estimate of drug-likeness (QED) is 0.604. The molecule has 0 unspecified atom stereocenters. The van der Waals surface area contributed by atoms with Gasteiger partial charge in [-0.1, -0.05) is 12.1 Å². The summed E-state index contributed by atoms with van der Waals surface area (Å²) in [4.78, 5) is 33.6. The van der Waals surface area contributed by atoms with E-state index in [-0.39, 0.29) is 12.8 Å². The topological polar surface area (TPSA) is 84.5 Å². The van der Waals surface area contributed by atoms with Gasteiger partial charge in [-0.25, -0.2) is 9.18 Å². The average molecular weight is 350 g/mol. The summed E-state index contributed by atoms with van der Waals surface area (Å²) in [7, 11) is 0. The van der Waals surface area contributed by atoms with Crippen molar-refractivity contribution in [2.75, 3.05) is 13.2 Å². The first kappa shape index (κ1) is 19.4. The summed E-state index contributed by atoms with van der Waals surface area (Å²) in [5, 5.41) is 3.01. The van der Waals surface area contributed by atoms with Crippen LogP contribution in [0.2, 0.25) is 0 Å². The number of urea groups is 1. The number of carbonyl (C=O) groups is 3. The standard InChI is InChI=1S/C14H14F4N2O4/c15-10-4-1-9(2-5-10)3-6-12(22)24-7-11(21)20-13(23)19-8-14(16,17)18/h1-2,4-5H,3,6-8H2,(H2,19,20,21,23). The van der Waals surface area contributed by atoms with E-state index in [0.29, 0.717) is 5.56 Å². The minimum atomic E-state index is -4.60. The fraction of sp³-hybridized carbons (Fsp3) is 0.357. The Morgan fingerprint density at radius 1 is 1.08 bits per heavy atom. The van der Waals surface area contributed by atoms with Crippen molar-refractivity contribution in [3.8, 4) is 0 Å². The maximum atomic E-state index is 12.7. The molecular weight excluding hydrogens is 336 g/mol. The van der Waals surface area contributed by atoms with E-state index in [1.165, 1.54) is 29.6 Å². The number of nitrogens with one attached hydrogen (secondary N) is 2. The zero-order chi connectivity index (χ0) is 18.2. The van der Waals surface area contributed by atoms with Crippen molar-refractivity contribution in [3.63, 3.8) is 0 Å². The number of hydrogen-bond donors (Lipinski definition) is 2. The van der Waals surface area contributed by atoms with Gasteiger partial charge in [0.05, 0.1) is 0 Å². The molecule has 2 N–H and O–H groups in total. The zero-order valence-electron chi connectivity index (χ0n) is 12.3. The normalized spacial score (nSPS) is 10.8. The highest BCUT2D eigenvalue weighted by atomic mass is 19.4. The second kappa shape index (κ2) is 8.85. The average Bonchev–Trinajstić information content (AvgIpc) is 2.50. The SMILES string of the molecule is O=C(COC(=O)CCc1ccc(F)cc1)NC(=O)NCC(F)(F)F. The molecule has 0 aliphatic rings. The first-order valence-corrected chi connectivity index (χ1v) is 6.70. The van der Waals surface area contributed by atoms with Crippen molar-refractivity contribution in [1.29, 1.82) is 0 Å². The highest BCUT2D eigenvalue weighted by Crippen LogP contribution is 2.11. The van der Waals surface area contributed by atoms with Gasteiger partial charge in [0.1, 0.15) is 12.4 Å². The van der Waals surface area contributed by atoms with Gasteiger partial charge in [-0.05, 0) is 24.1 Å². The number of amides is 3. The second-order valence-electron chi connectivity index (χ2n) is 4.63. The van der Waals surface area contributed by atoms with Gasteiger partial charge in [-0.2, -0.15) is 13.2 Å². The third-order valence-corrected chi connectivity index (χ3v) is 2.60. The third kappa shape index (κ3) is 8.71. The summed E-state index contributed by atoms with van der Waals surface area (Å²) < 4.78 is 52.8. The summed E-state index contributed by atoms with van der Waals surface area (Å²) in [5.74, 6) is -2.23. The van der Waals surface area contributed by atoms with Crippen LogP contribution in [0.15, 0.2) is 24.3 Å². The van der Waals surface area contributed by atoms with Crippen LogP contribution in [-0.4, -0.2) is 37.2 Å². The Morgan fingerprint density at radius 3 is 2.29 bits per heavy atom. The molecule has 10 heteroatoms. The highest BCUT2D eigenvalue weighted by molar-refractivity contribution is 5.95. The van der Waals surface area contributed by atoms with E-state index in [4.69, 9.17) is 0 Å². The number of halogens is 4. The number of carbonyl (C=O) groups excluding carboxylic acids is 3. The summed E-state index contributed by atoms with van der Waals surface area (Å²) in [6, 6.07) is 4.08. The fourth-order valence-corrected chi connectivity index (χ4v) is 1.50. The fourth-order valence-electron chi connectivity index (χ4n) is 1.50. The Hall–Kier alpha value is -2.65. The van der Waals surface area contributed by atoms with Crippen molar-refractivity contribution in [2.45, 2.75) is 19.0 Å². The van der Waals surface area contributed by atoms with Gasteiger partial charge in [-0.3, -0.25) is 14.9 Å². The zero-order valence-corrected chi connectivity index (χ0v) is 12.3. The van der Waals surface area contributed by atoms with Crippen LogP contribution in [0, 0.1) is 5.82 Å². The number of esters is 1. The highest BCUT2D eigenvalue weighted by Gasteiger charge is 2.28. The second-order valence-corrected chi connectivity index (χ2v) is 4.63. The van der Waals surface area contributed by atoms with Crippen molar-refractivity contribution >= 4 is 17.9 Å². The van der Waals surface area contributed by atoms with Gasteiger partial charge in [0, 0.05) is 6.42 Å². The number of hydrogen-bond acceptors (Lipinski definition) is 4. The maximum Gasteiger partial charge on any atom is 0.405 e.